The Bertz CT molecular complexity index is 711. The van der Waals surface area contributed by atoms with Crippen molar-refractivity contribution in [2.24, 2.45) is 0 Å². The SMILES string of the molecule is CCc1cc(N2CCCC(NC3CC(c4nc(C)no4)C3)C2)ncn1. The van der Waals surface area contributed by atoms with Crippen molar-refractivity contribution in [3.63, 3.8) is 0 Å². The molecule has 7 heteroatoms. The summed E-state index contributed by atoms with van der Waals surface area (Å²) in [5, 5.41) is 7.71. The Balaban J connectivity index is 1.30. The minimum Gasteiger partial charge on any atom is -0.355 e. The number of hydrogen-bond acceptors (Lipinski definition) is 7. The zero-order valence-electron chi connectivity index (χ0n) is 15.0. The molecule has 4 rings (SSSR count). The molecule has 2 aromatic rings. The van der Waals surface area contributed by atoms with Crippen LogP contribution in [0.1, 0.15) is 55.9 Å². The summed E-state index contributed by atoms with van der Waals surface area (Å²) in [6.07, 6.45) is 7.24. The summed E-state index contributed by atoms with van der Waals surface area (Å²) in [6.45, 7) is 6.09. The Hall–Kier alpha value is -2.02. The molecule has 0 bridgehead atoms. The lowest BCUT2D eigenvalue weighted by Crippen LogP contribution is -2.52. The number of aryl methyl sites for hydroxylation is 2. The molecule has 2 fully saturated rings. The molecule has 1 aliphatic carbocycles. The van der Waals surface area contributed by atoms with E-state index in [1.807, 2.05) is 6.92 Å². The van der Waals surface area contributed by atoms with Crippen molar-refractivity contribution in [1.29, 1.82) is 0 Å². The smallest absolute Gasteiger partial charge is 0.229 e. The van der Waals surface area contributed by atoms with E-state index in [-0.39, 0.29) is 0 Å². The summed E-state index contributed by atoms with van der Waals surface area (Å²) in [5.74, 6) is 3.01. The van der Waals surface area contributed by atoms with E-state index >= 15 is 0 Å². The number of hydrogen-bond donors (Lipinski definition) is 1. The average molecular weight is 342 g/mol. The van der Waals surface area contributed by atoms with E-state index in [2.05, 4.69) is 43.3 Å². The third-order valence-corrected chi connectivity index (χ3v) is 5.32. The molecule has 0 spiro atoms. The third kappa shape index (κ3) is 3.66. The summed E-state index contributed by atoms with van der Waals surface area (Å²) in [4.78, 5) is 15.5. The van der Waals surface area contributed by atoms with Crippen LogP contribution in [0.2, 0.25) is 0 Å². The molecule has 1 saturated carbocycles. The van der Waals surface area contributed by atoms with E-state index < -0.39 is 0 Å². The molecule has 7 nitrogen and oxygen atoms in total. The highest BCUT2D eigenvalue weighted by Gasteiger charge is 2.36. The van der Waals surface area contributed by atoms with Crippen LogP contribution in [0, 0.1) is 6.92 Å². The maximum absolute atomic E-state index is 5.29. The first-order valence-corrected chi connectivity index (χ1v) is 9.33. The van der Waals surface area contributed by atoms with Crippen LogP contribution in [-0.2, 0) is 6.42 Å². The number of piperidine rings is 1. The van der Waals surface area contributed by atoms with Crippen molar-refractivity contribution in [3.8, 4) is 0 Å². The number of nitrogens with one attached hydrogen (secondary N) is 1. The molecule has 1 N–H and O–H groups in total. The van der Waals surface area contributed by atoms with Crippen molar-refractivity contribution in [2.45, 2.75) is 64.0 Å². The first-order valence-electron chi connectivity index (χ1n) is 9.33. The molecular formula is C18H26N6O. The normalized spacial score (nSPS) is 26.5. The van der Waals surface area contributed by atoms with Crippen LogP contribution in [0.5, 0.6) is 0 Å². The van der Waals surface area contributed by atoms with Gasteiger partial charge in [-0.3, -0.25) is 0 Å². The number of nitrogens with zero attached hydrogens (tertiary/aromatic N) is 5. The Labute approximate surface area is 148 Å². The summed E-state index contributed by atoms with van der Waals surface area (Å²) >= 11 is 0. The predicted octanol–water partition coefficient (Wildman–Crippen LogP) is 2.24. The van der Waals surface area contributed by atoms with E-state index in [0.29, 0.717) is 18.0 Å². The molecule has 2 aromatic heterocycles. The van der Waals surface area contributed by atoms with Crippen LogP contribution in [0.25, 0.3) is 0 Å². The van der Waals surface area contributed by atoms with Gasteiger partial charge in [-0.05, 0) is 39.0 Å². The predicted molar refractivity (Wildman–Crippen MR) is 94.6 cm³/mol. The second-order valence-corrected chi connectivity index (χ2v) is 7.22. The lowest BCUT2D eigenvalue weighted by molar-refractivity contribution is 0.212. The standard InChI is InChI=1S/C18H26N6O/c1-3-14-9-17(20-11-19-14)24-6-4-5-15(10-24)22-16-7-13(8-16)18-21-12(2)23-25-18/h9,11,13,15-16,22H,3-8,10H2,1-2H3. The van der Waals surface area contributed by atoms with Gasteiger partial charge in [-0.15, -0.1) is 0 Å². The molecule has 3 heterocycles. The Kier molecular flexibility index (Phi) is 4.65. The van der Waals surface area contributed by atoms with Gasteiger partial charge < -0.3 is 14.7 Å². The zero-order chi connectivity index (χ0) is 17.2. The molecule has 1 saturated heterocycles. The molecule has 25 heavy (non-hydrogen) atoms. The monoisotopic (exact) mass is 342 g/mol. The first kappa shape index (κ1) is 16.4. The minimum atomic E-state index is 0.423. The minimum absolute atomic E-state index is 0.423. The van der Waals surface area contributed by atoms with Crippen LogP contribution in [0.4, 0.5) is 5.82 Å². The van der Waals surface area contributed by atoms with Gasteiger partial charge in [-0.25, -0.2) is 9.97 Å². The van der Waals surface area contributed by atoms with Gasteiger partial charge in [0.05, 0.1) is 0 Å². The Morgan fingerprint density at radius 2 is 2.16 bits per heavy atom. The molecule has 0 amide bonds. The van der Waals surface area contributed by atoms with E-state index in [1.54, 1.807) is 6.33 Å². The van der Waals surface area contributed by atoms with Gasteiger partial charge in [0.1, 0.15) is 12.1 Å². The molecule has 1 aliphatic heterocycles. The molecule has 0 aromatic carbocycles. The van der Waals surface area contributed by atoms with Gasteiger partial charge in [0.15, 0.2) is 5.82 Å². The van der Waals surface area contributed by atoms with Gasteiger partial charge in [0.2, 0.25) is 5.89 Å². The molecular weight excluding hydrogens is 316 g/mol. The fourth-order valence-electron chi connectivity index (χ4n) is 3.84. The molecule has 0 radical (unpaired) electrons. The highest BCUT2D eigenvalue weighted by molar-refractivity contribution is 5.39. The van der Waals surface area contributed by atoms with E-state index in [1.165, 1.54) is 12.8 Å². The average Bonchev–Trinajstić information content (AvgIpc) is 3.04. The molecule has 2 aliphatic rings. The fraction of sp³-hybridized carbons (Fsp3) is 0.667. The number of rotatable bonds is 5. The van der Waals surface area contributed by atoms with Crippen LogP contribution < -0.4 is 10.2 Å². The summed E-state index contributed by atoms with van der Waals surface area (Å²) in [6, 6.07) is 3.20. The zero-order valence-corrected chi connectivity index (χ0v) is 15.0. The third-order valence-electron chi connectivity index (χ3n) is 5.32. The molecule has 134 valence electrons. The van der Waals surface area contributed by atoms with Crippen molar-refractivity contribution >= 4 is 5.82 Å². The van der Waals surface area contributed by atoms with Gasteiger partial charge in [-0.1, -0.05) is 12.1 Å². The first-order chi connectivity index (χ1) is 12.2. The second-order valence-electron chi connectivity index (χ2n) is 7.22. The Morgan fingerprint density at radius 1 is 1.28 bits per heavy atom. The van der Waals surface area contributed by atoms with Crippen molar-refractivity contribution < 1.29 is 4.52 Å². The van der Waals surface area contributed by atoms with Crippen LogP contribution in [0.3, 0.4) is 0 Å². The van der Waals surface area contributed by atoms with Crippen molar-refractivity contribution in [1.82, 2.24) is 25.4 Å². The topological polar surface area (TPSA) is 80.0 Å². The van der Waals surface area contributed by atoms with Gasteiger partial charge in [0, 0.05) is 42.9 Å². The maximum atomic E-state index is 5.29. The highest BCUT2D eigenvalue weighted by Crippen LogP contribution is 2.36. The fourth-order valence-corrected chi connectivity index (χ4v) is 3.84. The van der Waals surface area contributed by atoms with E-state index in [9.17, 15) is 0 Å². The lowest BCUT2D eigenvalue weighted by Gasteiger charge is -2.40. The lowest BCUT2D eigenvalue weighted by atomic mass is 9.79. The maximum Gasteiger partial charge on any atom is 0.229 e. The second kappa shape index (κ2) is 7.07. The van der Waals surface area contributed by atoms with Crippen molar-refractivity contribution in [2.75, 3.05) is 18.0 Å². The van der Waals surface area contributed by atoms with Crippen LogP contribution in [0.15, 0.2) is 16.9 Å². The number of anilines is 1. The van der Waals surface area contributed by atoms with E-state index in [4.69, 9.17) is 4.52 Å². The van der Waals surface area contributed by atoms with Crippen molar-refractivity contribution in [3.05, 3.63) is 29.8 Å². The van der Waals surface area contributed by atoms with Gasteiger partial charge in [-0.2, -0.15) is 4.98 Å². The van der Waals surface area contributed by atoms with Gasteiger partial charge >= 0.3 is 0 Å². The molecule has 1 unspecified atom stereocenters. The quantitative estimate of drug-likeness (QED) is 0.892. The summed E-state index contributed by atoms with van der Waals surface area (Å²) < 4.78 is 5.29. The van der Waals surface area contributed by atoms with Crippen LogP contribution in [-0.4, -0.2) is 45.3 Å². The number of aromatic nitrogens is 4. The largest absolute Gasteiger partial charge is 0.355 e. The highest BCUT2D eigenvalue weighted by atomic mass is 16.5. The van der Waals surface area contributed by atoms with Gasteiger partial charge in [0.25, 0.3) is 0 Å². The van der Waals surface area contributed by atoms with Crippen LogP contribution >= 0.6 is 0 Å². The van der Waals surface area contributed by atoms with E-state index in [0.717, 1.165) is 55.6 Å². The Morgan fingerprint density at radius 3 is 2.92 bits per heavy atom. The molecule has 1 atom stereocenters. The summed E-state index contributed by atoms with van der Waals surface area (Å²) in [7, 11) is 0. The summed E-state index contributed by atoms with van der Waals surface area (Å²) in [5.41, 5.74) is 1.11.